The summed E-state index contributed by atoms with van der Waals surface area (Å²) in [7, 11) is 0. The van der Waals surface area contributed by atoms with Crippen LogP contribution in [0.4, 0.5) is 0 Å². The number of fused-ring (bicyclic) bond motifs is 1. The molecule has 2 aromatic carbocycles. The van der Waals surface area contributed by atoms with Crippen LogP contribution in [0.25, 0.3) is 17.0 Å². The van der Waals surface area contributed by atoms with E-state index in [0.717, 1.165) is 10.9 Å². The number of ketones is 1. The molecule has 1 heterocycles. The number of para-hydroxylation sites is 1. The molecule has 142 valence electrons. The molecule has 0 aliphatic rings. The van der Waals surface area contributed by atoms with Gasteiger partial charge in [0.15, 0.2) is 6.10 Å². The number of aromatic nitrogens is 1. The molecule has 0 aliphatic heterocycles. The fourth-order valence-corrected chi connectivity index (χ4v) is 2.71. The first-order chi connectivity index (χ1) is 13.6. The van der Waals surface area contributed by atoms with Crippen molar-refractivity contribution in [1.29, 1.82) is 0 Å². The molecule has 3 aromatic rings. The van der Waals surface area contributed by atoms with Gasteiger partial charge in [0.25, 0.3) is 0 Å². The quantitative estimate of drug-likeness (QED) is 0.346. The van der Waals surface area contributed by atoms with Crippen LogP contribution in [-0.4, -0.2) is 29.4 Å². The maximum atomic E-state index is 12.4. The van der Waals surface area contributed by atoms with Gasteiger partial charge in [-0.2, -0.15) is 0 Å². The molecule has 1 aromatic heterocycles. The van der Waals surface area contributed by atoms with Crippen LogP contribution in [0, 0.1) is 0 Å². The second-order valence-corrected chi connectivity index (χ2v) is 6.16. The summed E-state index contributed by atoms with van der Waals surface area (Å²) >= 11 is 0. The largest absolute Gasteiger partial charge is 0.494 e. The topological polar surface area (TPSA) is 65.5 Å². The lowest BCUT2D eigenvalue weighted by Crippen LogP contribution is -2.23. The molecule has 0 radical (unpaired) electrons. The van der Waals surface area contributed by atoms with E-state index >= 15 is 0 Å². The minimum absolute atomic E-state index is 0.270. The van der Waals surface area contributed by atoms with Gasteiger partial charge in [0.05, 0.1) is 17.8 Å². The van der Waals surface area contributed by atoms with E-state index < -0.39 is 12.1 Å². The maximum Gasteiger partial charge on any atom is 0.331 e. The normalized spacial score (nSPS) is 12.1. The second-order valence-electron chi connectivity index (χ2n) is 6.16. The van der Waals surface area contributed by atoms with Crippen molar-refractivity contribution in [2.75, 3.05) is 6.61 Å². The summed E-state index contributed by atoms with van der Waals surface area (Å²) in [5.41, 5.74) is 1.95. The van der Waals surface area contributed by atoms with Gasteiger partial charge in [0.2, 0.25) is 5.78 Å². The third-order valence-electron chi connectivity index (χ3n) is 4.12. The molecule has 0 aliphatic carbocycles. The molecule has 0 saturated carbocycles. The van der Waals surface area contributed by atoms with E-state index in [9.17, 15) is 9.59 Å². The molecule has 0 spiro atoms. The number of Topliss-reactive ketones (excluding diaryl/α,β-unsaturated/α-hetero) is 1. The van der Waals surface area contributed by atoms with Crippen molar-refractivity contribution in [3.05, 3.63) is 78.0 Å². The van der Waals surface area contributed by atoms with E-state index in [-0.39, 0.29) is 5.78 Å². The Bertz CT molecular complexity index is 1010. The number of pyridine rings is 1. The minimum Gasteiger partial charge on any atom is -0.494 e. The lowest BCUT2D eigenvalue weighted by molar-refractivity contribution is -0.140. The summed E-state index contributed by atoms with van der Waals surface area (Å²) in [6.45, 7) is 4.00. The summed E-state index contributed by atoms with van der Waals surface area (Å²) in [5, 5.41) is 1.02. The van der Waals surface area contributed by atoms with E-state index in [4.69, 9.17) is 9.47 Å². The van der Waals surface area contributed by atoms with E-state index in [1.165, 1.54) is 6.08 Å². The first-order valence-electron chi connectivity index (χ1n) is 9.08. The van der Waals surface area contributed by atoms with Crippen LogP contribution in [0.5, 0.6) is 5.75 Å². The number of carbonyl (C=O) groups excluding carboxylic acids is 2. The van der Waals surface area contributed by atoms with E-state index in [1.54, 1.807) is 37.3 Å². The number of hydrogen-bond acceptors (Lipinski definition) is 5. The fraction of sp³-hybridized carbons (Fsp3) is 0.174. The van der Waals surface area contributed by atoms with Crippen LogP contribution in [-0.2, 0) is 9.53 Å². The number of ether oxygens (including phenoxy) is 2. The summed E-state index contributed by atoms with van der Waals surface area (Å²) in [4.78, 5) is 28.9. The third kappa shape index (κ3) is 4.82. The molecular weight excluding hydrogens is 354 g/mol. The second kappa shape index (κ2) is 8.95. The monoisotopic (exact) mass is 375 g/mol. The summed E-state index contributed by atoms with van der Waals surface area (Å²) in [5.74, 6) is -0.176. The van der Waals surface area contributed by atoms with Crippen molar-refractivity contribution < 1.29 is 19.1 Å². The molecule has 0 fully saturated rings. The molecule has 0 amide bonds. The Balaban J connectivity index is 1.61. The molecular formula is C23H21NO4. The Hall–Kier alpha value is -3.47. The standard InChI is InChI=1S/C23H21NO4/c1-3-27-20-13-9-18(10-14-20)23(26)16(2)28-22(25)15-12-19-11-8-17-6-4-5-7-21(17)24-19/h4-16H,3H2,1-2H3/b15-12+/t16-/m1/s1. The van der Waals surface area contributed by atoms with Crippen molar-refractivity contribution in [1.82, 2.24) is 4.98 Å². The van der Waals surface area contributed by atoms with Gasteiger partial charge in [-0.15, -0.1) is 0 Å². The molecule has 3 rings (SSSR count). The number of nitrogens with zero attached hydrogens (tertiary/aromatic N) is 1. The van der Waals surface area contributed by atoms with Crippen molar-refractivity contribution in [3.8, 4) is 5.75 Å². The number of esters is 1. The van der Waals surface area contributed by atoms with Gasteiger partial charge in [-0.25, -0.2) is 9.78 Å². The summed E-state index contributed by atoms with van der Waals surface area (Å²) in [6.07, 6.45) is 1.96. The smallest absolute Gasteiger partial charge is 0.331 e. The summed E-state index contributed by atoms with van der Waals surface area (Å²) in [6, 6.07) is 18.2. The Morgan fingerprint density at radius 1 is 1.04 bits per heavy atom. The first kappa shape index (κ1) is 19.3. The molecule has 0 bridgehead atoms. The number of carbonyl (C=O) groups is 2. The summed E-state index contributed by atoms with van der Waals surface area (Å²) < 4.78 is 10.6. The zero-order valence-corrected chi connectivity index (χ0v) is 15.8. The number of hydrogen-bond donors (Lipinski definition) is 0. The lowest BCUT2D eigenvalue weighted by atomic mass is 10.1. The van der Waals surface area contributed by atoms with E-state index in [2.05, 4.69) is 4.98 Å². The van der Waals surface area contributed by atoms with Gasteiger partial charge < -0.3 is 9.47 Å². The average Bonchev–Trinajstić information content (AvgIpc) is 2.72. The van der Waals surface area contributed by atoms with Crippen LogP contribution < -0.4 is 4.74 Å². The fourth-order valence-electron chi connectivity index (χ4n) is 2.71. The highest BCUT2D eigenvalue weighted by Gasteiger charge is 2.18. The predicted molar refractivity (Wildman–Crippen MR) is 108 cm³/mol. The Morgan fingerprint density at radius 2 is 1.79 bits per heavy atom. The highest BCUT2D eigenvalue weighted by atomic mass is 16.5. The maximum absolute atomic E-state index is 12.4. The lowest BCUT2D eigenvalue weighted by Gasteiger charge is -2.11. The van der Waals surface area contributed by atoms with Crippen molar-refractivity contribution in [3.63, 3.8) is 0 Å². The number of benzene rings is 2. The highest BCUT2D eigenvalue weighted by Crippen LogP contribution is 2.15. The third-order valence-corrected chi connectivity index (χ3v) is 4.12. The highest BCUT2D eigenvalue weighted by molar-refractivity contribution is 6.01. The van der Waals surface area contributed by atoms with Crippen LogP contribution >= 0.6 is 0 Å². The zero-order chi connectivity index (χ0) is 19.9. The zero-order valence-electron chi connectivity index (χ0n) is 15.8. The van der Waals surface area contributed by atoms with Gasteiger partial charge in [-0.05, 0) is 56.3 Å². The van der Waals surface area contributed by atoms with Gasteiger partial charge in [0, 0.05) is 17.0 Å². The first-order valence-corrected chi connectivity index (χ1v) is 9.08. The van der Waals surface area contributed by atoms with Gasteiger partial charge in [0.1, 0.15) is 5.75 Å². The minimum atomic E-state index is -0.889. The molecule has 0 N–H and O–H groups in total. The molecule has 0 unspecified atom stereocenters. The van der Waals surface area contributed by atoms with Crippen LogP contribution in [0.1, 0.15) is 29.9 Å². The number of rotatable bonds is 7. The average molecular weight is 375 g/mol. The molecule has 5 heteroatoms. The Kier molecular flexibility index (Phi) is 6.17. The molecule has 28 heavy (non-hydrogen) atoms. The molecule has 5 nitrogen and oxygen atoms in total. The SMILES string of the molecule is CCOc1ccc(C(=O)[C@@H](C)OC(=O)/C=C/c2ccc3ccccc3n2)cc1. The van der Waals surface area contributed by atoms with Crippen molar-refractivity contribution >= 4 is 28.7 Å². The molecule has 1 atom stereocenters. The van der Waals surface area contributed by atoms with Crippen LogP contribution in [0.2, 0.25) is 0 Å². The van der Waals surface area contributed by atoms with E-state index in [1.807, 2.05) is 43.3 Å². The Labute approximate surface area is 163 Å². The van der Waals surface area contributed by atoms with Gasteiger partial charge >= 0.3 is 5.97 Å². The molecule has 0 saturated heterocycles. The Morgan fingerprint density at radius 3 is 2.54 bits per heavy atom. The van der Waals surface area contributed by atoms with Gasteiger partial charge in [-0.1, -0.05) is 24.3 Å². The van der Waals surface area contributed by atoms with Gasteiger partial charge in [-0.3, -0.25) is 4.79 Å². The van der Waals surface area contributed by atoms with Crippen molar-refractivity contribution in [2.24, 2.45) is 0 Å². The van der Waals surface area contributed by atoms with Crippen LogP contribution in [0.15, 0.2) is 66.7 Å². The van der Waals surface area contributed by atoms with E-state index in [0.29, 0.717) is 23.6 Å². The van der Waals surface area contributed by atoms with Crippen molar-refractivity contribution in [2.45, 2.75) is 20.0 Å². The van der Waals surface area contributed by atoms with Crippen LogP contribution in [0.3, 0.4) is 0 Å². The predicted octanol–water partition coefficient (Wildman–Crippen LogP) is 4.46.